The van der Waals surface area contributed by atoms with E-state index in [-0.39, 0.29) is 24.9 Å². The Hall–Kier alpha value is -1.59. The smallest absolute Gasteiger partial charge is 0.328 e. The SMILES string of the molecule is CCOC(=O)C1CCCN1C(=O)CC(C)(C(=O)O)C(C)C. The van der Waals surface area contributed by atoms with Crippen molar-refractivity contribution in [3.8, 4) is 0 Å². The number of likely N-dealkylation sites (tertiary alicyclic amines) is 1. The Bertz CT molecular complexity index is 420. The van der Waals surface area contributed by atoms with Gasteiger partial charge in [-0.15, -0.1) is 0 Å². The highest BCUT2D eigenvalue weighted by Gasteiger charge is 2.43. The highest BCUT2D eigenvalue weighted by Crippen LogP contribution is 2.33. The van der Waals surface area contributed by atoms with Gasteiger partial charge in [0.1, 0.15) is 6.04 Å². The van der Waals surface area contributed by atoms with Crippen LogP contribution < -0.4 is 0 Å². The standard InChI is InChI=1S/C15H25NO5/c1-5-21-13(18)11-7-6-8-16(11)12(17)9-15(4,10(2)3)14(19)20/h10-11H,5-9H2,1-4H3,(H,19,20). The van der Waals surface area contributed by atoms with Crippen LogP contribution in [0.15, 0.2) is 0 Å². The zero-order chi connectivity index (χ0) is 16.2. The summed E-state index contributed by atoms with van der Waals surface area (Å²) in [7, 11) is 0. The van der Waals surface area contributed by atoms with Crippen molar-refractivity contribution < 1.29 is 24.2 Å². The number of carbonyl (C=O) groups is 3. The average molecular weight is 299 g/mol. The summed E-state index contributed by atoms with van der Waals surface area (Å²) in [5.41, 5.74) is -1.13. The van der Waals surface area contributed by atoms with E-state index in [4.69, 9.17) is 4.74 Å². The van der Waals surface area contributed by atoms with E-state index in [1.165, 1.54) is 4.90 Å². The lowest BCUT2D eigenvalue weighted by Gasteiger charge is -2.31. The minimum atomic E-state index is -1.13. The van der Waals surface area contributed by atoms with Gasteiger partial charge in [-0.1, -0.05) is 13.8 Å². The first-order valence-corrected chi connectivity index (χ1v) is 7.43. The molecule has 1 saturated heterocycles. The number of hydrogen-bond donors (Lipinski definition) is 1. The number of rotatable bonds is 6. The first-order valence-electron chi connectivity index (χ1n) is 7.43. The summed E-state index contributed by atoms with van der Waals surface area (Å²) in [6, 6.07) is -0.567. The molecular formula is C15H25NO5. The van der Waals surface area contributed by atoms with Gasteiger partial charge in [0.2, 0.25) is 5.91 Å². The summed E-state index contributed by atoms with van der Waals surface area (Å²) in [4.78, 5) is 37.2. The van der Waals surface area contributed by atoms with Gasteiger partial charge in [0.15, 0.2) is 0 Å². The van der Waals surface area contributed by atoms with Gasteiger partial charge in [-0.3, -0.25) is 9.59 Å². The molecule has 1 N–H and O–H groups in total. The fourth-order valence-corrected chi connectivity index (χ4v) is 2.49. The minimum absolute atomic E-state index is 0.101. The van der Waals surface area contributed by atoms with E-state index >= 15 is 0 Å². The lowest BCUT2D eigenvalue weighted by Crippen LogP contribution is -2.45. The predicted molar refractivity (Wildman–Crippen MR) is 76.6 cm³/mol. The second kappa shape index (κ2) is 6.91. The molecule has 0 aromatic carbocycles. The largest absolute Gasteiger partial charge is 0.481 e. The Morgan fingerprint density at radius 2 is 2.00 bits per heavy atom. The van der Waals surface area contributed by atoms with E-state index in [0.29, 0.717) is 13.0 Å². The third-order valence-electron chi connectivity index (χ3n) is 4.41. The number of esters is 1. The average Bonchev–Trinajstić information content (AvgIpc) is 2.87. The number of ether oxygens (including phenoxy) is 1. The maximum absolute atomic E-state index is 12.4. The Kier molecular flexibility index (Phi) is 5.75. The van der Waals surface area contributed by atoms with Gasteiger partial charge in [-0.25, -0.2) is 4.79 Å². The fourth-order valence-electron chi connectivity index (χ4n) is 2.49. The first kappa shape index (κ1) is 17.5. The highest BCUT2D eigenvalue weighted by atomic mass is 16.5. The molecule has 1 heterocycles. The van der Waals surface area contributed by atoms with Crippen LogP contribution in [-0.4, -0.2) is 47.0 Å². The van der Waals surface area contributed by atoms with Crippen LogP contribution in [0.3, 0.4) is 0 Å². The molecule has 1 aliphatic heterocycles. The zero-order valence-corrected chi connectivity index (χ0v) is 13.2. The van der Waals surface area contributed by atoms with Gasteiger partial charge in [0, 0.05) is 13.0 Å². The van der Waals surface area contributed by atoms with Gasteiger partial charge in [-0.05, 0) is 32.6 Å². The highest BCUT2D eigenvalue weighted by molar-refractivity contribution is 5.88. The third-order valence-corrected chi connectivity index (χ3v) is 4.41. The van der Waals surface area contributed by atoms with E-state index in [2.05, 4.69) is 0 Å². The minimum Gasteiger partial charge on any atom is -0.481 e. The Labute approximate surface area is 125 Å². The molecule has 2 atom stereocenters. The van der Waals surface area contributed by atoms with Crippen molar-refractivity contribution in [2.24, 2.45) is 11.3 Å². The molecule has 0 bridgehead atoms. The van der Waals surface area contributed by atoms with Gasteiger partial charge in [0.25, 0.3) is 0 Å². The van der Waals surface area contributed by atoms with Crippen LogP contribution in [0.25, 0.3) is 0 Å². The van der Waals surface area contributed by atoms with E-state index in [1.54, 1.807) is 27.7 Å². The van der Waals surface area contributed by atoms with Crippen LogP contribution in [0.2, 0.25) is 0 Å². The molecule has 0 radical (unpaired) electrons. The van der Waals surface area contributed by atoms with Gasteiger partial charge < -0.3 is 14.7 Å². The molecule has 6 heteroatoms. The van der Waals surface area contributed by atoms with Crippen molar-refractivity contribution >= 4 is 17.8 Å². The number of carboxylic acids is 1. The van der Waals surface area contributed by atoms with Crippen molar-refractivity contribution in [3.05, 3.63) is 0 Å². The molecule has 21 heavy (non-hydrogen) atoms. The maximum atomic E-state index is 12.4. The maximum Gasteiger partial charge on any atom is 0.328 e. The molecule has 1 aliphatic rings. The van der Waals surface area contributed by atoms with Gasteiger partial charge >= 0.3 is 11.9 Å². The normalized spacial score (nSPS) is 21.2. The number of nitrogens with zero attached hydrogens (tertiary/aromatic N) is 1. The number of amides is 1. The second-order valence-corrected chi connectivity index (χ2v) is 6.05. The molecule has 1 rings (SSSR count). The lowest BCUT2D eigenvalue weighted by molar-refractivity contribution is -0.158. The summed E-state index contributed by atoms with van der Waals surface area (Å²) in [6.45, 7) is 7.63. The van der Waals surface area contributed by atoms with Crippen molar-refractivity contribution in [3.63, 3.8) is 0 Å². The number of aliphatic carboxylic acids is 1. The monoisotopic (exact) mass is 299 g/mol. The van der Waals surface area contributed by atoms with Crippen LogP contribution in [0.1, 0.15) is 47.0 Å². The number of carboxylic acid groups (broad SMARTS) is 1. The van der Waals surface area contributed by atoms with Gasteiger partial charge in [0.05, 0.1) is 12.0 Å². The summed E-state index contributed by atoms with van der Waals surface area (Å²) < 4.78 is 4.98. The predicted octanol–water partition coefficient (Wildman–Crippen LogP) is 1.68. The third kappa shape index (κ3) is 3.74. The lowest BCUT2D eigenvalue weighted by atomic mass is 9.76. The Morgan fingerprint density at radius 3 is 2.48 bits per heavy atom. The van der Waals surface area contributed by atoms with E-state index in [1.807, 2.05) is 0 Å². The van der Waals surface area contributed by atoms with Crippen LogP contribution in [0, 0.1) is 11.3 Å². The molecule has 1 fully saturated rings. The molecular weight excluding hydrogens is 274 g/mol. The number of carbonyl (C=O) groups excluding carboxylic acids is 2. The van der Waals surface area contributed by atoms with Crippen molar-refractivity contribution in [2.45, 2.75) is 53.0 Å². The van der Waals surface area contributed by atoms with Crippen molar-refractivity contribution in [2.75, 3.05) is 13.2 Å². The van der Waals surface area contributed by atoms with Gasteiger partial charge in [-0.2, -0.15) is 0 Å². The topological polar surface area (TPSA) is 83.9 Å². The van der Waals surface area contributed by atoms with Crippen LogP contribution in [0.4, 0.5) is 0 Å². The molecule has 120 valence electrons. The zero-order valence-electron chi connectivity index (χ0n) is 13.2. The van der Waals surface area contributed by atoms with Crippen LogP contribution >= 0.6 is 0 Å². The van der Waals surface area contributed by atoms with Crippen molar-refractivity contribution in [1.82, 2.24) is 4.90 Å². The molecule has 6 nitrogen and oxygen atoms in total. The summed E-state index contributed by atoms with van der Waals surface area (Å²) in [6.07, 6.45) is 1.21. The van der Waals surface area contributed by atoms with Crippen LogP contribution in [-0.2, 0) is 19.1 Å². The fraction of sp³-hybridized carbons (Fsp3) is 0.800. The summed E-state index contributed by atoms with van der Waals surface area (Å²) >= 11 is 0. The quantitative estimate of drug-likeness (QED) is 0.754. The molecule has 2 unspecified atom stereocenters. The first-order chi connectivity index (χ1) is 9.74. The van der Waals surface area contributed by atoms with E-state index in [0.717, 1.165) is 6.42 Å². The molecule has 1 amide bonds. The summed E-state index contributed by atoms with van der Waals surface area (Å²) in [5, 5.41) is 9.39. The Morgan fingerprint density at radius 1 is 1.38 bits per heavy atom. The molecule has 0 spiro atoms. The molecule has 0 aromatic rings. The van der Waals surface area contributed by atoms with Crippen LogP contribution in [0.5, 0.6) is 0 Å². The van der Waals surface area contributed by atoms with E-state index in [9.17, 15) is 19.5 Å². The molecule has 0 saturated carbocycles. The molecule has 0 aromatic heterocycles. The molecule has 0 aliphatic carbocycles. The van der Waals surface area contributed by atoms with Crippen molar-refractivity contribution in [1.29, 1.82) is 0 Å². The van der Waals surface area contributed by atoms with E-state index < -0.39 is 23.4 Å². The summed E-state index contributed by atoms with van der Waals surface area (Å²) in [5.74, 6) is -1.85. The second-order valence-electron chi connectivity index (χ2n) is 6.05. The Balaban J connectivity index is 2.82. The number of hydrogen-bond acceptors (Lipinski definition) is 4.